The van der Waals surface area contributed by atoms with E-state index in [0.717, 1.165) is 40.7 Å². The molecule has 0 heterocycles. The Morgan fingerprint density at radius 3 is 2.20 bits per heavy atom. The van der Waals surface area contributed by atoms with Gasteiger partial charge < -0.3 is 9.47 Å². The lowest BCUT2D eigenvalue weighted by Gasteiger charge is -2.20. The fourth-order valence-corrected chi connectivity index (χ4v) is 3.76. The number of benzene rings is 1. The standard InChI is InChI=1S/C31H42O4/c1-20(2)22(4)18-29(32)34-27-16-23(5)28(24(6)17-27)14-13-25-12-10-11-21(3)15-26(19-25)30(33)35-31(7,8)9/h12-17,19-20,22H,10-11,18H2,1-9H3. The summed E-state index contributed by atoms with van der Waals surface area (Å²) < 4.78 is 11.2. The Balaban J connectivity index is 2.25. The molecule has 190 valence electrons. The van der Waals surface area contributed by atoms with Crippen LogP contribution in [-0.2, 0) is 14.3 Å². The summed E-state index contributed by atoms with van der Waals surface area (Å²) in [6.45, 7) is 18.0. The molecular formula is C31H42O4. The highest BCUT2D eigenvalue weighted by molar-refractivity contribution is 5.93. The van der Waals surface area contributed by atoms with E-state index < -0.39 is 5.60 Å². The molecular weight excluding hydrogens is 436 g/mol. The minimum Gasteiger partial charge on any atom is -0.456 e. The molecule has 1 aromatic rings. The number of esters is 2. The van der Waals surface area contributed by atoms with Crippen LogP contribution >= 0.6 is 0 Å². The van der Waals surface area contributed by atoms with Gasteiger partial charge in [-0.1, -0.05) is 44.6 Å². The molecule has 0 aliphatic heterocycles. The number of aryl methyl sites for hydroxylation is 2. The second-order valence-corrected chi connectivity index (χ2v) is 11.0. The Hall–Kier alpha value is -2.88. The van der Waals surface area contributed by atoms with Crippen molar-refractivity contribution in [3.63, 3.8) is 0 Å². The fourth-order valence-electron chi connectivity index (χ4n) is 3.76. The van der Waals surface area contributed by atoms with Gasteiger partial charge in [-0.3, -0.25) is 4.79 Å². The zero-order valence-corrected chi connectivity index (χ0v) is 23.0. The summed E-state index contributed by atoms with van der Waals surface area (Å²) in [5.41, 5.74) is 5.25. The third-order valence-corrected chi connectivity index (χ3v) is 6.15. The molecule has 0 spiro atoms. The van der Waals surface area contributed by atoms with Crippen LogP contribution < -0.4 is 4.74 Å². The number of hydrogen-bond acceptors (Lipinski definition) is 4. The van der Waals surface area contributed by atoms with Crippen molar-refractivity contribution in [1.82, 2.24) is 0 Å². The maximum absolute atomic E-state index is 12.8. The molecule has 4 nitrogen and oxygen atoms in total. The van der Waals surface area contributed by atoms with Gasteiger partial charge >= 0.3 is 11.9 Å². The van der Waals surface area contributed by atoms with E-state index in [1.165, 1.54) is 0 Å². The summed E-state index contributed by atoms with van der Waals surface area (Å²) in [5, 5.41) is 0. The van der Waals surface area contributed by atoms with Crippen LogP contribution in [-0.4, -0.2) is 17.5 Å². The topological polar surface area (TPSA) is 52.6 Å². The predicted molar refractivity (Wildman–Crippen MR) is 144 cm³/mol. The highest BCUT2D eigenvalue weighted by Gasteiger charge is 2.20. The van der Waals surface area contributed by atoms with E-state index in [9.17, 15) is 9.59 Å². The van der Waals surface area contributed by atoms with Gasteiger partial charge in [-0.05, 0) is 113 Å². The average molecular weight is 479 g/mol. The van der Waals surface area contributed by atoms with Gasteiger partial charge in [-0.25, -0.2) is 4.79 Å². The Morgan fingerprint density at radius 2 is 1.63 bits per heavy atom. The van der Waals surface area contributed by atoms with E-state index in [0.29, 0.717) is 23.7 Å². The summed E-state index contributed by atoms with van der Waals surface area (Å²) in [5.74, 6) is 0.780. The van der Waals surface area contributed by atoms with Gasteiger partial charge in [0.15, 0.2) is 0 Å². The van der Waals surface area contributed by atoms with Gasteiger partial charge in [0, 0.05) is 6.42 Å². The van der Waals surface area contributed by atoms with E-state index in [-0.39, 0.29) is 17.9 Å². The smallest absolute Gasteiger partial charge is 0.338 e. The van der Waals surface area contributed by atoms with Gasteiger partial charge in [-0.15, -0.1) is 0 Å². The first-order valence-electron chi connectivity index (χ1n) is 12.6. The van der Waals surface area contributed by atoms with Crippen LogP contribution in [0.3, 0.4) is 0 Å². The summed E-state index contributed by atoms with van der Waals surface area (Å²) in [7, 11) is 0. The first-order valence-corrected chi connectivity index (χ1v) is 12.6. The maximum Gasteiger partial charge on any atom is 0.338 e. The molecule has 0 bridgehead atoms. The summed E-state index contributed by atoms with van der Waals surface area (Å²) in [4.78, 5) is 25.1. The second kappa shape index (κ2) is 12.2. The van der Waals surface area contributed by atoms with Crippen molar-refractivity contribution in [3.05, 3.63) is 69.8 Å². The van der Waals surface area contributed by atoms with E-state index in [1.807, 2.05) is 71.9 Å². The largest absolute Gasteiger partial charge is 0.456 e. The van der Waals surface area contributed by atoms with Crippen LogP contribution in [0.25, 0.3) is 6.08 Å². The van der Waals surface area contributed by atoms with Gasteiger partial charge in [0.25, 0.3) is 0 Å². The Labute approximate surface area is 211 Å². The number of carbonyl (C=O) groups is 2. The molecule has 0 saturated heterocycles. The molecule has 1 aliphatic rings. The number of hydrogen-bond donors (Lipinski definition) is 0. The van der Waals surface area contributed by atoms with Crippen molar-refractivity contribution < 1.29 is 19.1 Å². The Kier molecular flexibility index (Phi) is 9.88. The molecule has 1 aromatic carbocycles. The summed E-state index contributed by atoms with van der Waals surface area (Å²) >= 11 is 0. The van der Waals surface area contributed by atoms with Crippen LogP contribution in [0.2, 0.25) is 0 Å². The van der Waals surface area contributed by atoms with Crippen molar-refractivity contribution in [2.45, 2.75) is 87.2 Å². The molecule has 35 heavy (non-hydrogen) atoms. The Morgan fingerprint density at radius 1 is 1.00 bits per heavy atom. The molecule has 0 fully saturated rings. The summed E-state index contributed by atoms with van der Waals surface area (Å²) in [6.07, 6.45) is 12.3. The fraction of sp³-hybridized carbons (Fsp3) is 0.484. The number of carbonyl (C=O) groups excluding carboxylic acids is 2. The number of allylic oxidation sites excluding steroid dienone is 5. The van der Waals surface area contributed by atoms with Crippen molar-refractivity contribution >= 4 is 18.0 Å². The summed E-state index contributed by atoms with van der Waals surface area (Å²) in [6, 6.07) is 3.82. The second-order valence-electron chi connectivity index (χ2n) is 11.0. The van der Waals surface area contributed by atoms with E-state index in [2.05, 4.69) is 32.9 Å². The zero-order valence-electron chi connectivity index (χ0n) is 23.0. The first-order chi connectivity index (χ1) is 16.2. The van der Waals surface area contributed by atoms with Crippen LogP contribution in [0.4, 0.5) is 0 Å². The monoisotopic (exact) mass is 478 g/mol. The normalized spacial score (nSPS) is 15.7. The first kappa shape index (κ1) is 28.4. The molecule has 0 radical (unpaired) electrons. The quantitative estimate of drug-likeness (QED) is 0.296. The molecule has 4 heteroatoms. The lowest BCUT2D eigenvalue weighted by molar-refractivity contribution is -0.149. The number of ether oxygens (including phenoxy) is 2. The Bertz CT molecular complexity index is 1030. The lowest BCUT2D eigenvalue weighted by atomic mass is 9.95. The van der Waals surface area contributed by atoms with Crippen molar-refractivity contribution in [2.24, 2.45) is 11.8 Å². The molecule has 2 rings (SSSR count). The van der Waals surface area contributed by atoms with Gasteiger partial charge in [0.1, 0.15) is 11.4 Å². The van der Waals surface area contributed by atoms with Crippen molar-refractivity contribution in [2.75, 3.05) is 0 Å². The lowest BCUT2D eigenvalue weighted by Crippen LogP contribution is -2.24. The molecule has 0 aromatic heterocycles. The molecule has 0 saturated carbocycles. The highest BCUT2D eigenvalue weighted by atomic mass is 16.6. The number of rotatable bonds is 7. The van der Waals surface area contributed by atoms with E-state index in [4.69, 9.17) is 9.47 Å². The minimum atomic E-state index is -0.548. The molecule has 1 unspecified atom stereocenters. The molecule has 1 atom stereocenters. The van der Waals surface area contributed by atoms with E-state index in [1.54, 1.807) is 0 Å². The zero-order chi connectivity index (χ0) is 26.3. The predicted octanol–water partition coefficient (Wildman–Crippen LogP) is 7.84. The van der Waals surface area contributed by atoms with Crippen molar-refractivity contribution in [3.8, 4) is 5.75 Å². The molecule has 0 amide bonds. The highest BCUT2D eigenvalue weighted by Crippen LogP contribution is 2.26. The van der Waals surface area contributed by atoms with Gasteiger partial charge in [-0.2, -0.15) is 0 Å². The van der Waals surface area contributed by atoms with Crippen LogP contribution in [0.15, 0.2) is 53.2 Å². The van der Waals surface area contributed by atoms with Crippen LogP contribution in [0, 0.1) is 25.7 Å². The third kappa shape index (κ3) is 9.35. The molecule has 1 aliphatic carbocycles. The van der Waals surface area contributed by atoms with Gasteiger partial charge in [0.2, 0.25) is 0 Å². The van der Waals surface area contributed by atoms with Crippen LogP contribution in [0.5, 0.6) is 5.75 Å². The van der Waals surface area contributed by atoms with Crippen LogP contribution in [0.1, 0.15) is 84.4 Å². The average Bonchev–Trinajstić information content (AvgIpc) is 2.69. The molecule has 0 N–H and O–H groups in total. The van der Waals surface area contributed by atoms with Gasteiger partial charge in [0.05, 0.1) is 5.57 Å². The SMILES string of the molecule is CC1=CC(C(=O)OC(C)(C)C)=CC(C=Cc2c(C)cc(OC(=O)CC(C)C(C)C)cc2C)=CCC1. The maximum atomic E-state index is 12.8. The van der Waals surface area contributed by atoms with Crippen molar-refractivity contribution in [1.29, 1.82) is 0 Å². The minimum absolute atomic E-state index is 0.198. The third-order valence-electron chi connectivity index (χ3n) is 6.15. The van der Waals surface area contributed by atoms with E-state index >= 15 is 0 Å².